The van der Waals surface area contributed by atoms with Gasteiger partial charge in [-0.25, -0.2) is 0 Å². The maximum atomic E-state index is 2.75. The van der Waals surface area contributed by atoms with Crippen molar-refractivity contribution in [2.75, 3.05) is 9.71 Å². The largest absolute Gasteiger partial charge is 0.376 e. The maximum Gasteiger partial charge on any atom is 0.333 e. The molecular formula is C61H63BN2. The minimum absolute atomic E-state index is 0.0469. The van der Waals surface area contributed by atoms with Crippen LogP contribution in [0.25, 0.3) is 33.4 Å². The highest BCUT2D eigenvalue weighted by molar-refractivity contribution is 6.93. The van der Waals surface area contributed by atoms with Gasteiger partial charge >= 0.3 is 6.85 Å². The molecule has 0 unspecified atom stereocenters. The van der Waals surface area contributed by atoms with Crippen molar-refractivity contribution in [3.8, 4) is 33.4 Å². The summed E-state index contributed by atoms with van der Waals surface area (Å²) in [4.78, 5) is 5.49. The average molecular weight is 835 g/mol. The number of hydrogen-bond donors (Lipinski definition) is 0. The molecule has 0 atom stereocenters. The summed E-state index contributed by atoms with van der Waals surface area (Å²) in [6, 6.07) is 54.7. The highest BCUT2D eigenvalue weighted by Crippen LogP contribution is 2.58. The molecule has 3 heteroatoms. The van der Waals surface area contributed by atoms with Gasteiger partial charge in [-0.2, -0.15) is 0 Å². The molecule has 0 amide bonds. The van der Waals surface area contributed by atoms with Gasteiger partial charge < -0.3 is 9.71 Å². The number of nitrogens with zero attached hydrogens (tertiary/aromatic N) is 2. The first kappa shape index (κ1) is 40.9. The molecular weight excluding hydrogens is 771 g/mol. The molecule has 0 radical (unpaired) electrons. The number of anilines is 5. The van der Waals surface area contributed by atoms with E-state index in [-0.39, 0.29) is 23.1 Å². The molecule has 0 saturated heterocycles. The molecule has 2 aliphatic heterocycles. The van der Waals surface area contributed by atoms with Crippen molar-refractivity contribution in [3.63, 3.8) is 0 Å². The van der Waals surface area contributed by atoms with E-state index in [1.54, 1.807) is 0 Å². The van der Waals surface area contributed by atoms with Gasteiger partial charge in [-0.1, -0.05) is 165 Å². The lowest BCUT2D eigenvalue weighted by molar-refractivity contribution is 0.332. The second-order valence-corrected chi connectivity index (χ2v) is 21.2. The smallest absolute Gasteiger partial charge is 0.333 e. The van der Waals surface area contributed by atoms with Crippen LogP contribution in [0.1, 0.15) is 127 Å². The van der Waals surface area contributed by atoms with Crippen LogP contribution in [0.2, 0.25) is 0 Å². The summed E-state index contributed by atoms with van der Waals surface area (Å²) in [5.74, 6) is 0. The van der Waals surface area contributed by atoms with E-state index in [9.17, 15) is 0 Å². The van der Waals surface area contributed by atoms with E-state index in [2.05, 4.69) is 205 Å². The van der Waals surface area contributed by atoms with Gasteiger partial charge in [0.1, 0.15) is 0 Å². The van der Waals surface area contributed by atoms with Crippen LogP contribution in [0.5, 0.6) is 0 Å². The summed E-state index contributed by atoms with van der Waals surface area (Å²) in [7, 11) is 0. The van der Waals surface area contributed by atoms with Crippen LogP contribution in [0.4, 0.5) is 28.4 Å². The first-order valence-electron chi connectivity index (χ1n) is 24.4. The number of aryl methyl sites for hydroxylation is 2. The van der Waals surface area contributed by atoms with Gasteiger partial charge in [0.15, 0.2) is 0 Å². The number of para-hydroxylation sites is 1. The van der Waals surface area contributed by atoms with Crippen LogP contribution in [-0.2, 0) is 29.1 Å². The summed E-state index contributed by atoms with van der Waals surface area (Å²) in [6.07, 6.45) is 9.17. The zero-order valence-corrected chi connectivity index (χ0v) is 39.4. The fourth-order valence-electron chi connectivity index (χ4n) is 12.2. The molecule has 7 aromatic carbocycles. The molecule has 0 saturated carbocycles. The van der Waals surface area contributed by atoms with Crippen molar-refractivity contribution >= 4 is 46.2 Å². The molecule has 11 rings (SSSR count). The fourth-order valence-corrected chi connectivity index (χ4v) is 12.2. The highest BCUT2D eigenvalue weighted by Gasteiger charge is 2.50. The molecule has 0 spiro atoms. The molecule has 0 aromatic heterocycles. The van der Waals surface area contributed by atoms with Crippen LogP contribution < -0.4 is 20.6 Å². The Hall–Kier alpha value is -5.80. The summed E-state index contributed by atoms with van der Waals surface area (Å²) in [5, 5.41) is 0. The van der Waals surface area contributed by atoms with E-state index in [1.165, 1.54) is 132 Å². The summed E-state index contributed by atoms with van der Waals surface area (Å²) in [6.45, 7) is 19.4. The lowest BCUT2D eigenvalue weighted by Gasteiger charge is -2.49. The van der Waals surface area contributed by atoms with Gasteiger partial charge in [-0.3, -0.25) is 0 Å². The van der Waals surface area contributed by atoms with E-state index in [4.69, 9.17) is 0 Å². The van der Waals surface area contributed by atoms with E-state index in [0.29, 0.717) is 0 Å². The minimum Gasteiger partial charge on any atom is -0.376 e. The zero-order chi connectivity index (χ0) is 44.1. The van der Waals surface area contributed by atoms with E-state index < -0.39 is 0 Å². The molecule has 2 heterocycles. The van der Waals surface area contributed by atoms with Crippen LogP contribution in [0, 0.1) is 0 Å². The van der Waals surface area contributed by atoms with Crippen LogP contribution >= 0.6 is 0 Å². The Morgan fingerprint density at radius 2 is 1.14 bits per heavy atom. The van der Waals surface area contributed by atoms with Gasteiger partial charge in [0.25, 0.3) is 0 Å². The predicted octanol–water partition coefficient (Wildman–Crippen LogP) is 15.4. The zero-order valence-electron chi connectivity index (χ0n) is 39.4. The monoisotopic (exact) mass is 835 g/mol. The van der Waals surface area contributed by atoms with Crippen molar-refractivity contribution < 1.29 is 0 Å². The minimum atomic E-state index is -0.150. The van der Waals surface area contributed by atoms with Crippen molar-refractivity contribution in [1.29, 1.82) is 0 Å². The summed E-state index contributed by atoms with van der Waals surface area (Å²) in [5.41, 5.74) is 26.0. The molecule has 320 valence electrons. The van der Waals surface area contributed by atoms with Gasteiger partial charge in [-0.15, -0.1) is 0 Å². The first-order valence-corrected chi connectivity index (χ1v) is 24.4. The number of hydrogen-bond acceptors (Lipinski definition) is 2. The fraction of sp³-hybridized carbons (Fsp3) is 0.311. The molecule has 7 aromatic rings. The number of benzene rings is 7. The van der Waals surface area contributed by atoms with Gasteiger partial charge in [0.2, 0.25) is 0 Å². The Bertz CT molecular complexity index is 2960. The number of unbranched alkanes of at least 4 members (excludes halogenated alkanes) is 2. The normalized spacial score (nSPS) is 16.7. The molecule has 0 bridgehead atoms. The van der Waals surface area contributed by atoms with Crippen molar-refractivity contribution in [3.05, 3.63) is 173 Å². The number of rotatable bonds is 9. The maximum absolute atomic E-state index is 2.75. The molecule has 2 nitrogen and oxygen atoms in total. The quantitative estimate of drug-likeness (QED) is 0.134. The van der Waals surface area contributed by atoms with E-state index >= 15 is 0 Å². The Morgan fingerprint density at radius 3 is 1.86 bits per heavy atom. The van der Waals surface area contributed by atoms with Gasteiger partial charge in [0, 0.05) is 39.2 Å². The summed E-state index contributed by atoms with van der Waals surface area (Å²) >= 11 is 0. The van der Waals surface area contributed by atoms with Gasteiger partial charge in [-0.05, 0) is 153 Å². The van der Waals surface area contributed by atoms with Crippen molar-refractivity contribution in [2.24, 2.45) is 0 Å². The van der Waals surface area contributed by atoms with E-state index in [0.717, 1.165) is 25.7 Å². The first-order chi connectivity index (χ1) is 30.9. The molecule has 4 aliphatic rings. The topological polar surface area (TPSA) is 6.48 Å². The Labute approximate surface area is 383 Å². The van der Waals surface area contributed by atoms with Crippen LogP contribution in [0.15, 0.2) is 140 Å². The average Bonchev–Trinajstić information content (AvgIpc) is 3.55. The standard InChI is InChI=1S/C61H63BN2/c1-9-11-21-40-29-32-53(45(35-40)42-23-15-13-16-24-42)63-55-37-41(22-12-10-2)36-47-46-38-50-51(60(5,6)34-33-59(50,3)4)39-54(46)64(43-25-17-14-18-26-43)62(57(47)55)52-31-30-49-56(58(52)63)44-27-19-20-28-48(44)61(49,7)8/h13-20,23-32,35-39H,9-12,21-22,33-34H2,1-8H3. The highest BCUT2D eigenvalue weighted by atomic mass is 15.2. The van der Waals surface area contributed by atoms with Crippen LogP contribution in [0.3, 0.4) is 0 Å². The van der Waals surface area contributed by atoms with E-state index in [1.807, 2.05) is 0 Å². The second-order valence-electron chi connectivity index (χ2n) is 21.2. The van der Waals surface area contributed by atoms with Crippen molar-refractivity contribution in [1.82, 2.24) is 0 Å². The predicted molar refractivity (Wildman–Crippen MR) is 276 cm³/mol. The lowest BCUT2D eigenvalue weighted by atomic mass is 9.42. The Kier molecular flexibility index (Phi) is 9.69. The Balaban J connectivity index is 1.31. The molecule has 64 heavy (non-hydrogen) atoms. The third-order valence-electron chi connectivity index (χ3n) is 15.8. The second kappa shape index (κ2) is 15.2. The summed E-state index contributed by atoms with van der Waals surface area (Å²) < 4.78 is 0. The lowest BCUT2D eigenvalue weighted by Crippen LogP contribution is -2.62. The molecule has 0 fully saturated rings. The SMILES string of the molecule is CCCCc1ccc(N2c3cc(CCCC)cc4c3B(c3ccc5c(c32)-c2ccccc2C5(C)C)N(c2ccccc2)c2cc3c(cc2-4)C(C)(C)CCC3(C)C)c(-c2ccccc2)c1. The third kappa shape index (κ3) is 6.20. The molecule has 2 aliphatic carbocycles. The third-order valence-corrected chi connectivity index (χ3v) is 15.8. The Morgan fingerprint density at radius 1 is 0.500 bits per heavy atom. The van der Waals surface area contributed by atoms with Crippen LogP contribution in [-0.4, -0.2) is 6.85 Å². The van der Waals surface area contributed by atoms with Crippen molar-refractivity contribution in [2.45, 2.75) is 123 Å². The number of fused-ring (bicyclic) bond motifs is 9. The molecule has 0 N–H and O–H groups in total. The van der Waals surface area contributed by atoms with Gasteiger partial charge in [0.05, 0.1) is 11.4 Å².